The van der Waals surface area contributed by atoms with Crippen LogP contribution in [0.25, 0.3) is 11.1 Å². The first-order valence-electron chi connectivity index (χ1n) is 8.77. The summed E-state index contributed by atoms with van der Waals surface area (Å²) in [6.45, 7) is 3.91. The van der Waals surface area contributed by atoms with Crippen LogP contribution in [-0.4, -0.2) is 25.0 Å². The molecule has 0 saturated heterocycles. The van der Waals surface area contributed by atoms with Gasteiger partial charge in [0.15, 0.2) is 0 Å². The third-order valence-electron chi connectivity index (χ3n) is 4.29. The number of hydrogen-bond donors (Lipinski definition) is 1. The predicted molar refractivity (Wildman–Crippen MR) is 113 cm³/mol. The second-order valence-electron chi connectivity index (χ2n) is 6.03. The first-order chi connectivity index (χ1) is 13.2. The summed E-state index contributed by atoms with van der Waals surface area (Å²) >= 11 is 0. The highest BCUT2D eigenvalue weighted by atomic mass is 16.5. The van der Waals surface area contributed by atoms with Crippen molar-refractivity contribution in [2.75, 3.05) is 19.5 Å². The van der Waals surface area contributed by atoms with E-state index in [1.54, 1.807) is 26.6 Å². The van der Waals surface area contributed by atoms with Crippen molar-refractivity contribution in [2.45, 2.75) is 6.42 Å². The number of nitrogens with zero attached hydrogens (tertiary/aromatic N) is 2. The molecule has 2 aromatic carbocycles. The minimum absolute atomic E-state index is 0.754. The SMILES string of the molecule is C=CCc1cc(-c2cccc(OC)c2)ccc1/C(=N\C)Nc1ccncc1. The molecule has 0 atom stereocenters. The van der Waals surface area contributed by atoms with Gasteiger partial charge in [0.25, 0.3) is 0 Å². The third-order valence-corrected chi connectivity index (χ3v) is 4.29. The minimum atomic E-state index is 0.754. The van der Waals surface area contributed by atoms with E-state index in [1.807, 2.05) is 36.4 Å². The van der Waals surface area contributed by atoms with Crippen LogP contribution < -0.4 is 10.1 Å². The lowest BCUT2D eigenvalue weighted by Gasteiger charge is -2.15. The summed E-state index contributed by atoms with van der Waals surface area (Å²) in [7, 11) is 3.47. The van der Waals surface area contributed by atoms with Crippen LogP contribution in [0.2, 0.25) is 0 Å². The highest BCUT2D eigenvalue weighted by Gasteiger charge is 2.11. The molecule has 3 aromatic rings. The fourth-order valence-corrected chi connectivity index (χ4v) is 2.95. The summed E-state index contributed by atoms with van der Waals surface area (Å²) in [5.74, 6) is 1.66. The molecule has 0 bridgehead atoms. The third kappa shape index (κ3) is 4.42. The molecule has 136 valence electrons. The molecule has 0 unspecified atom stereocenters. The number of benzene rings is 2. The first kappa shape index (κ1) is 18.4. The average Bonchev–Trinajstić information content (AvgIpc) is 2.73. The topological polar surface area (TPSA) is 46.5 Å². The molecule has 3 rings (SSSR count). The van der Waals surface area contributed by atoms with Crippen molar-refractivity contribution in [3.05, 3.63) is 90.8 Å². The van der Waals surface area contributed by atoms with Gasteiger partial charge in [-0.1, -0.05) is 36.4 Å². The molecule has 27 heavy (non-hydrogen) atoms. The molecule has 4 heteroatoms. The molecule has 1 N–H and O–H groups in total. The summed E-state index contributed by atoms with van der Waals surface area (Å²) < 4.78 is 5.35. The van der Waals surface area contributed by atoms with Crippen molar-refractivity contribution < 1.29 is 4.74 Å². The summed E-state index contributed by atoms with van der Waals surface area (Å²) in [6, 6.07) is 18.3. The number of anilines is 1. The highest BCUT2D eigenvalue weighted by Crippen LogP contribution is 2.27. The van der Waals surface area contributed by atoms with Gasteiger partial charge in [0.1, 0.15) is 11.6 Å². The molecule has 0 aliphatic carbocycles. The van der Waals surface area contributed by atoms with E-state index in [0.29, 0.717) is 0 Å². The van der Waals surface area contributed by atoms with Gasteiger partial charge in [0.2, 0.25) is 0 Å². The van der Waals surface area contributed by atoms with E-state index in [1.165, 1.54) is 0 Å². The Morgan fingerprint density at radius 3 is 2.59 bits per heavy atom. The van der Waals surface area contributed by atoms with Gasteiger partial charge in [-0.15, -0.1) is 6.58 Å². The maximum absolute atomic E-state index is 5.35. The van der Waals surface area contributed by atoms with Crippen LogP contribution in [0.3, 0.4) is 0 Å². The zero-order valence-corrected chi connectivity index (χ0v) is 15.6. The van der Waals surface area contributed by atoms with Crippen molar-refractivity contribution >= 4 is 11.5 Å². The Balaban J connectivity index is 1.98. The van der Waals surface area contributed by atoms with Gasteiger partial charge in [-0.3, -0.25) is 9.98 Å². The Bertz CT molecular complexity index is 949. The number of allylic oxidation sites excluding steroid dienone is 1. The summed E-state index contributed by atoms with van der Waals surface area (Å²) in [5, 5.41) is 3.38. The van der Waals surface area contributed by atoms with Gasteiger partial charge in [-0.2, -0.15) is 0 Å². The van der Waals surface area contributed by atoms with Crippen LogP contribution in [0.1, 0.15) is 11.1 Å². The number of hydrogen-bond acceptors (Lipinski definition) is 3. The number of ether oxygens (including phenoxy) is 1. The van der Waals surface area contributed by atoms with Crippen molar-refractivity contribution in [2.24, 2.45) is 4.99 Å². The lowest BCUT2D eigenvalue weighted by atomic mass is 9.96. The van der Waals surface area contributed by atoms with E-state index in [9.17, 15) is 0 Å². The fourth-order valence-electron chi connectivity index (χ4n) is 2.95. The van der Waals surface area contributed by atoms with Gasteiger partial charge >= 0.3 is 0 Å². The molecule has 0 spiro atoms. The van der Waals surface area contributed by atoms with E-state index in [0.717, 1.165) is 45.9 Å². The number of pyridine rings is 1. The molecule has 0 radical (unpaired) electrons. The van der Waals surface area contributed by atoms with Crippen molar-refractivity contribution in [3.63, 3.8) is 0 Å². The number of amidine groups is 1. The van der Waals surface area contributed by atoms with Gasteiger partial charge in [0.05, 0.1) is 7.11 Å². The Hall–Kier alpha value is -3.40. The van der Waals surface area contributed by atoms with Crippen LogP contribution in [-0.2, 0) is 6.42 Å². The monoisotopic (exact) mass is 357 g/mol. The second kappa shape index (κ2) is 8.81. The lowest BCUT2D eigenvalue weighted by Crippen LogP contribution is -2.15. The van der Waals surface area contributed by atoms with Gasteiger partial charge in [-0.05, 0) is 47.4 Å². The van der Waals surface area contributed by atoms with Crippen molar-refractivity contribution in [1.29, 1.82) is 0 Å². The molecule has 0 fully saturated rings. The van der Waals surface area contributed by atoms with Crippen LogP contribution >= 0.6 is 0 Å². The summed E-state index contributed by atoms with van der Waals surface area (Å²) in [6.07, 6.45) is 6.18. The van der Waals surface area contributed by atoms with E-state index < -0.39 is 0 Å². The number of aromatic nitrogens is 1. The molecule has 1 aromatic heterocycles. The molecule has 1 heterocycles. The number of methoxy groups -OCH3 is 1. The molecular formula is C23H23N3O. The maximum atomic E-state index is 5.35. The Morgan fingerprint density at radius 2 is 1.89 bits per heavy atom. The zero-order valence-electron chi connectivity index (χ0n) is 15.6. The summed E-state index contributed by atoms with van der Waals surface area (Å²) in [5.41, 5.74) is 5.41. The smallest absolute Gasteiger partial charge is 0.132 e. The van der Waals surface area contributed by atoms with Crippen LogP contribution in [0.5, 0.6) is 5.75 Å². The first-order valence-corrected chi connectivity index (χ1v) is 8.77. The normalized spacial score (nSPS) is 11.1. The molecule has 0 saturated carbocycles. The van der Waals surface area contributed by atoms with E-state index in [4.69, 9.17) is 4.74 Å². The zero-order chi connectivity index (χ0) is 19.1. The Morgan fingerprint density at radius 1 is 1.11 bits per heavy atom. The molecule has 4 nitrogen and oxygen atoms in total. The minimum Gasteiger partial charge on any atom is -0.497 e. The van der Waals surface area contributed by atoms with Gasteiger partial charge < -0.3 is 10.1 Å². The largest absolute Gasteiger partial charge is 0.497 e. The summed E-state index contributed by atoms with van der Waals surface area (Å²) in [4.78, 5) is 8.51. The van der Waals surface area contributed by atoms with Gasteiger partial charge in [-0.25, -0.2) is 0 Å². The van der Waals surface area contributed by atoms with Crippen molar-refractivity contribution in [3.8, 4) is 16.9 Å². The maximum Gasteiger partial charge on any atom is 0.132 e. The van der Waals surface area contributed by atoms with E-state index in [2.05, 4.69) is 46.1 Å². The molecular weight excluding hydrogens is 334 g/mol. The second-order valence-corrected chi connectivity index (χ2v) is 6.03. The number of nitrogens with one attached hydrogen (secondary N) is 1. The van der Waals surface area contributed by atoms with Crippen molar-refractivity contribution in [1.82, 2.24) is 4.98 Å². The number of rotatable bonds is 6. The van der Waals surface area contributed by atoms with E-state index in [-0.39, 0.29) is 0 Å². The van der Waals surface area contributed by atoms with Crippen LogP contribution in [0.15, 0.2) is 84.6 Å². The average molecular weight is 357 g/mol. The quantitative estimate of drug-likeness (QED) is 0.385. The van der Waals surface area contributed by atoms with Gasteiger partial charge in [0, 0.05) is 30.7 Å². The van der Waals surface area contributed by atoms with Crippen LogP contribution in [0.4, 0.5) is 5.69 Å². The molecule has 0 aliphatic rings. The lowest BCUT2D eigenvalue weighted by molar-refractivity contribution is 0.415. The predicted octanol–water partition coefficient (Wildman–Crippen LogP) is 4.97. The Kier molecular flexibility index (Phi) is 6.00. The van der Waals surface area contributed by atoms with E-state index >= 15 is 0 Å². The molecule has 0 amide bonds. The fraction of sp³-hybridized carbons (Fsp3) is 0.130. The standard InChI is InChI=1S/C23H23N3O/c1-4-6-19-15-18(17-7-5-8-21(16-17)27-3)9-10-22(19)23(24-2)26-20-11-13-25-14-12-20/h4-5,7-16H,1,6H2,2-3H3,(H,24,25,26). The van der Waals surface area contributed by atoms with Crippen LogP contribution in [0, 0.1) is 0 Å². The molecule has 0 aliphatic heterocycles. The Labute approximate surface area is 160 Å². The highest BCUT2D eigenvalue weighted by molar-refractivity contribution is 6.09. The number of aliphatic imine (C=N–C) groups is 1.